The quantitative estimate of drug-likeness (QED) is 0.892. The van der Waals surface area contributed by atoms with E-state index < -0.39 is 10.0 Å². The van der Waals surface area contributed by atoms with Crippen LogP contribution in [0.4, 0.5) is 0 Å². The molecule has 1 aliphatic carbocycles. The maximum Gasteiger partial charge on any atom is 0.215 e. The van der Waals surface area contributed by atoms with Crippen LogP contribution in [0, 0.1) is 6.92 Å². The van der Waals surface area contributed by atoms with Crippen molar-refractivity contribution in [2.75, 3.05) is 13.1 Å². The van der Waals surface area contributed by atoms with Crippen molar-refractivity contribution in [1.29, 1.82) is 0 Å². The van der Waals surface area contributed by atoms with E-state index in [4.69, 9.17) is 4.52 Å². The Bertz CT molecular complexity index is 593. The molecule has 1 N–H and O–H groups in total. The molecule has 6 nitrogen and oxygen atoms in total. The van der Waals surface area contributed by atoms with Crippen molar-refractivity contribution in [2.24, 2.45) is 0 Å². The van der Waals surface area contributed by atoms with E-state index in [0.717, 1.165) is 56.5 Å². The van der Waals surface area contributed by atoms with Crippen LogP contribution in [0.25, 0.3) is 0 Å². The van der Waals surface area contributed by atoms with Gasteiger partial charge in [0.2, 0.25) is 10.0 Å². The largest absolute Gasteiger partial charge is 0.360 e. The lowest BCUT2D eigenvalue weighted by Gasteiger charge is -2.32. The van der Waals surface area contributed by atoms with Crippen molar-refractivity contribution >= 4 is 10.0 Å². The van der Waals surface area contributed by atoms with Gasteiger partial charge in [-0.3, -0.25) is 4.90 Å². The fourth-order valence-electron chi connectivity index (χ4n) is 3.49. The number of aryl methyl sites for hydroxylation is 1. The standard InChI is InChI=1S/C15H25N3O3S/c1-12-9-14(21-16-12)10-18-8-4-7-15(11-18)22(19,20)17-13-5-2-3-6-13/h9,13,15,17H,2-8,10-11H2,1H3/t15-/m1/s1. The molecule has 1 saturated carbocycles. The van der Waals surface area contributed by atoms with Gasteiger partial charge in [-0.05, 0) is 39.2 Å². The first-order valence-corrected chi connectivity index (χ1v) is 9.73. The highest BCUT2D eigenvalue weighted by atomic mass is 32.2. The van der Waals surface area contributed by atoms with Gasteiger partial charge in [-0.25, -0.2) is 13.1 Å². The second-order valence-corrected chi connectivity index (χ2v) is 8.57. The molecule has 2 fully saturated rings. The molecule has 7 heteroatoms. The van der Waals surface area contributed by atoms with Crippen LogP contribution >= 0.6 is 0 Å². The molecule has 1 aromatic rings. The molecular formula is C15H25N3O3S. The van der Waals surface area contributed by atoms with Gasteiger partial charge in [0, 0.05) is 18.7 Å². The summed E-state index contributed by atoms with van der Waals surface area (Å²) in [5.74, 6) is 0.805. The minimum Gasteiger partial charge on any atom is -0.360 e. The molecular weight excluding hydrogens is 302 g/mol. The Morgan fingerprint density at radius 2 is 2.09 bits per heavy atom. The lowest BCUT2D eigenvalue weighted by Crippen LogP contribution is -2.48. The Kier molecular flexibility index (Phi) is 4.84. The van der Waals surface area contributed by atoms with Gasteiger partial charge in [-0.1, -0.05) is 18.0 Å². The summed E-state index contributed by atoms with van der Waals surface area (Å²) in [5.41, 5.74) is 0.860. The highest BCUT2D eigenvalue weighted by Crippen LogP contribution is 2.23. The van der Waals surface area contributed by atoms with E-state index >= 15 is 0 Å². The zero-order valence-electron chi connectivity index (χ0n) is 13.1. The molecule has 0 bridgehead atoms. The number of hydrogen-bond acceptors (Lipinski definition) is 5. The van der Waals surface area contributed by atoms with E-state index in [-0.39, 0.29) is 11.3 Å². The fourth-order valence-corrected chi connectivity index (χ4v) is 5.27. The Morgan fingerprint density at radius 3 is 2.77 bits per heavy atom. The summed E-state index contributed by atoms with van der Waals surface area (Å²) < 4.78 is 33.3. The number of rotatable bonds is 5. The molecule has 0 radical (unpaired) electrons. The third-order valence-electron chi connectivity index (χ3n) is 4.64. The third-order valence-corrected chi connectivity index (χ3v) is 6.57. The van der Waals surface area contributed by atoms with Crippen molar-refractivity contribution in [1.82, 2.24) is 14.8 Å². The number of likely N-dealkylation sites (tertiary alicyclic amines) is 1. The summed E-state index contributed by atoms with van der Waals surface area (Å²) in [7, 11) is -3.22. The third kappa shape index (κ3) is 3.88. The van der Waals surface area contributed by atoms with Gasteiger partial charge in [0.15, 0.2) is 5.76 Å². The Morgan fingerprint density at radius 1 is 1.32 bits per heavy atom. The molecule has 1 saturated heterocycles. The molecule has 124 valence electrons. The first-order chi connectivity index (χ1) is 10.5. The van der Waals surface area contributed by atoms with Crippen molar-refractivity contribution < 1.29 is 12.9 Å². The molecule has 1 aliphatic heterocycles. The monoisotopic (exact) mass is 327 g/mol. The molecule has 0 amide bonds. The average molecular weight is 327 g/mol. The minimum atomic E-state index is -3.22. The van der Waals surface area contributed by atoms with E-state index in [9.17, 15) is 8.42 Å². The van der Waals surface area contributed by atoms with E-state index in [1.54, 1.807) is 0 Å². The smallest absolute Gasteiger partial charge is 0.215 e. The Hall–Kier alpha value is -0.920. The maximum absolute atomic E-state index is 12.6. The summed E-state index contributed by atoms with van der Waals surface area (Å²) >= 11 is 0. The van der Waals surface area contributed by atoms with Gasteiger partial charge >= 0.3 is 0 Å². The van der Waals surface area contributed by atoms with Crippen LogP contribution < -0.4 is 4.72 Å². The van der Waals surface area contributed by atoms with E-state index in [2.05, 4.69) is 14.8 Å². The molecule has 22 heavy (non-hydrogen) atoms. The molecule has 3 rings (SSSR count). The van der Waals surface area contributed by atoms with Crippen LogP contribution in [0.2, 0.25) is 0 Å². The first-order valence-electron chi connectivity index (χ1n) is 8.18. The van der Waals surface area contributed by atoms with Gasteiger partial charge in [0.1, 0.15) is 0 Å². The number of nitrogens with one attached hydrogen (secondary N) is 1. The van der Waals surface area contributed by atoms with Gasteiger partial charge in [0.05, 0.1) is 17.5 Å². The van der Waals surface area contributed by atoms with Gasteiger partial charge < -0.3 is 4.52 Å². The lowest BCUT2D eigenvalue weighted by molar-refractivity contribution is 0.197. The summed E-state index contributed by atoms with van der Waals surface area (Å²) in [6, 6.07) is 2.06. The van der Waals surface area contributed by atoms with Crippen LogP contribution in [-0.4, -0.2) is 42.9 Å². The van der Waals surface area contributed by atoms with Crippen LogP contribution in [0.15, 0.2) is 10.6 Å². The minimum absolute atomic E-state index is 0.150. The van der Waals surface area contributed by atoms with E-state index in [1.165, 1.54) is 0 Å². The van der Waals surface area contributed by atoms with Crippen LogP contribution in [0.5, 0.6) is 0 Å². The van der Waals surface area contributed by atoms with Crippen LogP contribution in [-0.2, 0) is 16.6 Å². The zero-order valence-corrected chi connectivity index (χ0v) is 13.9. The van der Waals surface area contributed by atoms with Gasteiger partial charge in [-0.15, -0.1) is 0 Å². The summed E-state index contributed by atoms with van der Waals surface area (Å²) in [4.78, 5) is 2.15. The number of piperidine rings is 1. The second kappa shape index (κ2) is 6.68. The van der Waals surface area contributed by atoms with Gasteiger partial charge in [0.25, 0.3) is 0 Å². The highest BCUT2D eigenvalue weighted by molar-refractivity contribution is 7.90. The van der Waals surface area contributed by atoms with Crippen molar-refractivity contribution in [2.45, 2.75) is 63.3 Å². The first kappa shape index (κ1) is 16.0. The summed E-state index contributed by atoms with van der Waals surface area (Å²) in [5, 5.41) is 3.57. The Labute approximate surface area is 132 Å². The molecule has 0 unspecified atom stereocenters. The van der Waals surface area contributed by atoms with E-state index in [0.29, 0.717) is 13.1 Å². The molecule has 2 heterocycles. The molecule has 1 atom stereocenters. The number of nitrogens with zero attached hydrogens (tertiary/aromatic N) is 2. The number of hydrogen-bond donors (Lipinski definition) is 1. The molecule has 1 aromatic heterocycles. The van der Waals surface area contributed by atoms with Crippen molar-refractivity contribution in [3.63, 3.8) is 0 Å². The molecule has 0 aromatic carbocycles. The zero-order chi connectivity index (χ0) is 15.6. The van der Waals surface area contributed by atoms with Crippen molar-refractivity contribution in [3.8, 4) is 0 Å². The maximum atomic E-state index is 12.6. The summed E-state index contributed by atoms with van der Waals surface area (Å²) in [6.45, 7) is 4.01. The van der Waals surface area contributed by atoms with Crippen LogP contribution in [0.1, 0.15) is 50.0 Å². The fraction of sp³-hybridized carbons (Fsp3) is 0.800. The van der Waals surface area contributed by atoms with Gasteiger partial charge in [-0.2, -0.15) is 0 Å². The average Bonchev–Trinajstić information content (AvgIpc) is 3.11. The number of sulfonamides is 1. The lowest BCUT2D eigenvalue weighted by atomic mass is 10.1. The summed E-state index contributed by atoms with van der Waals surface area (Å²) in [6.07, 6.45) is 5.88. The normalized spacial score (nSPS) is 24.9. The predicted molar refractivity (Wildman–Crippen MR) is 83.9 cm³/mol. The number of aromatic nitrogens is 1. The molecule has 0 spiro atoms. The predicted octanol–water partition coefficient (Wildman–Crippen LogP) is 1.81. The van der Waals surface area contributed by atoms with Crippen LogP contribution in [0.3, 0.4) is 0 Å². The van der Waals surface area contributed by atoms with Crippen molar-refractivity contribution in [3.05, 3.63) is 17.5 Å². The molecule has 2 aliphatic rings. The second-order valence-electron chi connectivity index (χ2n) is 6.58. The topological polar surface area (TPSA) is 75.4 Å². The SMILES string of the molecule is Cc1cc(CN2CCC[C@@H](S(=O)(=O)NC3CCCC3)C2)on1. The van der Waals surface area contributed by atoms with E-state index in [1.807, 2.05) is 13.0 Å². The Balaban J connectivity index is 1.59. The highest BCUT2D eigenvalue weighted by Gasteiger charge is 2.33.